The van der Waals surface area contributed by atoms with Gasteiger partial charge in [-0.3, -0.25) is 14.9 Å². The molecule has 1 amide bonds. The molecule has 106 valence electrons. The fourth-order valence-electron chi connectivity index (χ4n) is 3.01. The molecule has 2 aliphatic heterocycles. The van der Waals surface area contributed by atoms with Gasteiger partial charge >= 0.3 is 0 Å². The number of nitrogens with zero attached hydrogens (tertiary/aromatic N) is 2. The lowest BCUT2D eigenvalue weighted by Crippen LogP contribution is -2.31. The minimum atomic E-state index is -0.482. The summed E-state index contributed by atoms with van der Waals surface area (Å²) in [7, 11) is 0. The molecule has 2 atom stereocenters. The van der Waals surface area contributed by atoms with E-state index in [0.29, 0.717) is 21.9 Å². The molecule has 2 saturated heterocycles. The van der Waals surface area contributed by atoms with E-state index in [-0.39, 0.29) is 11.6 Å². The van der Waals surface area contributed by atoms with Crippen LogP contribution in [-0.4, -0.2) is 41.9 Å². The number of nitro benzene ring substituents is 1. The number of amides is 1. The number of carbonyl (C=O) groups excluding carboxylic acids is 1. The topological polar surface area (TPSA) is 75.5 Å². The standard InChI is InChI=1S/C13H14BrN3O3/c14-11-1-8(2-12(3-11)17(19)20)13(18)16-6-9-4-15-5-10(9)7-16/h1-3,9-10,15H,4-7H2/t9-,10+. The number of non-ortho nitro benzene ring substituents is 1. The lowest BCUT2D eigenvalue weighted by molar-refractivity contribution is -0.385. The van der Waals surface area contributed by atoms with Crippen LogP contribution >= 0.6 is 15.9 Å². The first kappa shape index (κ1) is 13.5. The Balaban J connectivity index is 1.82. The van der Waals surface area contributed by atoms with Gasteiger partial charge in [0, 0.05) is 48.3 Å². The van der Waals surface area contributed by atoms with Gasteiger partial charge in [0.2, 0.25) is 0 Å². The molecule has 2 aliphatic rings. The largest absolute Gasteiger partial charge is 0.338 e. The highest BCUT2D eigenvalue weighted by molar-refractivity contribution is 9.10. The van der Waals surface area contributed by atoms with Gasteiger partial charge < -0.3 is 10.2 Å². The maximum atomic E-state index is 12.5. The summed E-state index contributed by atoms with van der Waals surface area (Å²) < 4.78 is 0.552. The number of rotatable bonds is 2. The Kier molecular flexibility index (Phi) is 3.47. The third-order valence-corrected chi connectivity index (χ3v) is 4.47. The van der Waals surface area contributed by atoms with Crippen LogP contribution in [0.3, 0.4) is 0 Å². The van der Waals surface area contributed by atoms with Gasteiger partial charge in [0.05, 0.1) is 4.92 Å². The molecule has 0 aromatic heterocycles. The number of hydrogen-bond acceptors (Lipinski definition) is 4. The summed E-state index contributed by atoms with van der Waals surface area (Å²) in [5.74, 6) is 0.908. The van der Waals surface area contributed by atoms with Crippen LogP contribution in [-0.2, 0) is 0 Å². The summed E-state index contributed by atoms with van der Waals surface area (Å²) in [6.07, 6.45) is 0. The van der Waals surface area contributed by atoms with Crippen molar-refractivity contribution in [2.24, 2.45) is 11.8 Å². The zero-order chi connectivity index (χ0) is 14.3. The van der Waals surface area contributed by atoms with Crippen LogP contribution in [0.2, 0.25) is 0 Å². The third-order valence-electron chi connectivity index (χ3n) is 4.02. The predicted octanol–water partition coefficient (Wildman–Crippen LogP) is 1.65. The van der Waals surface area contributed by atoms with Crippen LogP contribution in [0.15, 0.2) is 22.7 Å². The first-order valence-corrected chi connectivity index (χ1v) is 7.29. The highest BCUT2D eigenvalue weighted by Crippen LogP contribution is 2.29. The van der Waals surface area contributed by atoms with Gasteiger partial charge in [0.1, 0.15) is 0 Å². The number of hydrogen-bond donors (Lipinski definition) is 1. The molecule has 3 rings (SSSR count). The van der Waals surface area contributed by atoms with Crippen LogP contribution in [0.1, 0.15) is 10.4 Å². The SMILES string of the molecule is O=C(c1cc(Br)cc([N+](=O)[O-])c1)N1C[C@H]2CNC[C@H]2C1. The monoisotopic (exact) mass is 339 g/mol. The second-order valence-electron chi connectivity index (χ2n) is 5.34. The van der Waals surface area contributed by atoms with Crippen LogP contribution in [0.4, 0.5) is 5.69 Å². The van der Waals surface area contributed by atoms with Crippen molar-refractivity contribution >= 4 is 27.5 Å². The van der Waals surface area contributed by atoms with Crippen molar-refractivity contribution in [3.8, 4) is 0 Å². The molecule has 6 nitrogen and oxygen atoms in total. The zero-order valence-corrected chi connectivity index (χ0v) is 12.3. The third kappa shape index (κ3) is 2.43. The minimum Gasteiger partial charge on any atom is -0.338 e. The Morgan fingerprint density at radius 1 is 1.30 bits per heavy atom. The van der Waals surface area contributed by atoms with Gasteiger partial charge in [0.15, 0.2) is 0 Å². The van der Waals surface area contributed by atoms with E-state index < -0.39 is 4.92 Å². The van der Waals surface area contributed by atoms with Gasteiger partial charge in [-0.05, 0) is 17.9 Å². The van der Waals surface area contributed by atoms with E-state index in [1.54, 1.807) is 6.07 Å². The van der Waals surface area contributed by atoms with Gasteiger partial charge in [-0.15, -0.1) is 0 Å². The number of carbonyl (C=O) groups is 1. The van der Waals surface area contributed by atoms with E-state index in [1.807, 2.05) is 4.90 Å². The molecule has 7 heteroatoms. The molecule has 1 aromatic carbocycles. The first-order chi connectivity index (χ1) is 9.54. The number of likely N-dealkylation sites (tertiary alicyclic amines) is 1. The quantitative estimate of drug-likeness (QED) is 0.656. The van der Waals surface area contributed by atoms with E-state index in [9.17, 15) is 14.9 Å². The first-order valence-electron chi connectivity index (χ1n) is 6.49. The molecular formula is C13H14BrN3O3. The number of halogens is 1. The smallest absolute Gasteiger partial charge is 0.271 e. The molecule has 0 radical (unpaired) electrons. The van der Waals surface area contributed by atoms with Crippen LogP contribution in [0.5, 0.6) is 0 Å². The Labute approximate surface area is 124 Å². The van der Waals surface area contributed by atoms with Gasteiger partial charge in [0.25, 0.3) is 11.6 Å². The number of nitro groups is 1. The van der Waals surface area contributed by atoms with Crippen LogP contribution in [0, 0.1) is 22.0 Å². The van der Waals surface area contributed by atoms with Crippen molar-refractivity contribution in [3.63, 3.8) is 0 Å². The summed E-state index contributed by atoms with van der Waals surface area (Å²) in [6, 6.07) is 4.39. The average molecular weight is 340 g/mol. The zero-order valence-electron chi connectivity index (χ0n) is 10.7. The van der Waals surface area contributed by atoms with Crippen molar-refractivity contribution in [3.05, 3.63) is 38.3 Å². The van der Waals surface area contributed by atoms with Crippen molar-refractivity contribution in [2.45, 2.75) is 0 Å². The lowest BCUT2D eigenvalue weighted by Gasteiger charge is -2.17. The normalized spacial score (nSPS) is 24.8. The maximum absolute atomic E-state index is 12.5. The molecule has 0 unspecified atom stereocenters. The highest BCUT2D eigenvalue weighted by atomic mass is 79.9. The average Bonchev–Trinajstić information content (AvgIpc) is 2.97. The summed E-state index contributed by atoms with van der Waals surface area (Å²) >= 11 is 3.22. The van der Waals surface area contributed by atoms with Crippen LogP contribution in [0.25, 0.3) is 0 Å². The second kappa shape index (κ2) is 5.14. The Morgan fingerprint density at radius 3 is 2.55 bits per heavy atom. The fourth-order valence-corrected chi connectivity index (χ4v) is 3.49. The Morgan fingerprint density at radius 2 is 1.95 bits per heavy atom. The Bertz CT molecular complexity index is 566. The molecule has 1 N–H and O–H groups in total. The number of nitrogens with one attached hydrogen (secondary N) is 1. The van der Waals surface area contributed by atoms with E-state index >= 15 is 0 Å². The molecular weight excluding hydrogens is 326 g/mol. The molecule has 2 heterocycles. The van der Waals surface area contributed by atoms with E-state index in [2.05, 4.69) is 21.2 Å². The molecule has 20 heavy (non-hydrogen) atoms. The van der Waals surface area contributed by atoms with Crippen LogP contribution < -0.4 is 5.32 Å². The van der Waals surface area contributed by atoms with E-state index in [1.165, 1.54) is 12.1 Å². The maximum Gasteiger partial charge on any atom is 0.271 e. The highest BCUT2D eigenvalue weighted by Gasteiger charge is 2.38. The van der Waals surface area contributed by atoms with E-state index in [0.717, 1.165) is 26.2 Å². The number of fused-ring (bicyclic) bond motifs is 1. The van der Waals surface area contributed by atoms with Crippen molar-refractivity contribution < 1.29 is 9.72 Å². The van der Waals surface area contributed by atoms with Crippen molar-refractivity contribution in [1.29, 1.82) is 0 Å². The van der Waals surface area contributed by atoms with Gasteiger partial charge in [-0.25, -0.2) is 0 Å². The van der Waals surface area contributed by atoms with Crippen molar-refractivity contribution in [2.75, 3.05) is 26.2 Å². The molecule has 0 aliphatic carbocycles. The molecule has 0 saturated carbocycles. The fraction of sp³-hybridized carbons (Fsp3) is 0.462. The minimum absolute atomic E-state index is 0.0659. The summed E-state index contributed by atoms with van der Waals surface area (Å²) in [4.78, 5) is 24.7. The van der Waals surface area contributed by atoms with Gasteiger partial charge in [-0.2, -0.15) is 0 Å². The lowest BCUT2D eigenvalue weighted by atomic mass is 10.0. The summed E-state index contributed by atoms with van der Waals surface area (Å²) in [6.45, 7) is 3.37. The molecule has 0 spiro atoms. The van der Waals surface area contributed by atoms with E-state index in [4.69, 9.17) is 0 Å². The summed E-state index contributed by atoms with van der Waals surface area (Å²) in [5.41, 5.74) is 0.308. The van der Waals surface area contributed by atoms with Crippen molar-refractivity contribution in [1.82, 2.24) is 10.2 Å². The van der Waals surface area contributed by atoms with Gasteiger partial charge in [-0.1, -0.05) is 15.9 Å². The second-order valence-corrected chi connectivity index (χ2v) is 6.26. The molecule has 0 bridgehead atoms. The molecule has 1 aromatic rings. The summed E-state index contributed by atoms with van der Waals surface area (Å²) in [5, 5.41) is 14.2. The number of benzene rings is 1. The Hall–Kier alpha value is -1.47. The predicted molar refractivity (Wildman–Crippen MR) is 76.5 cm³/mol. The molecule has 2 fully saturated rings.